The summed E-state index contributed by atoms with van der Waals surface area (Å²) in [5, 5.41) is 6.94. The lowest BCUT2D eigenvalue weighted by Gasteiger charge is -2.23. The van der Waals surface area contributed by atoms with Gasteiger partial charge in [-0.2, -0.15) is 0 Å². The van der Waals surface area contributed by atoms with Gasteiger partial charge < -0.3 is 20.1 Å². The molecule has 1 aromatic rings. The molecule has 2 heterocycles. The topological polar surface area (TPSA) is 54.9 Å². The number of nitrogens with zero attached hydrogens (tertiary/aromatic N) is 1. The first-order chi connectivity index (χ1) is 13.3. The van der Waals surface area contributed by atoms with Crippen LogP contribution in [0.4, 0.5) is 0 Å². The molecule has 1 saturated carbocycles. The van der Waals surface area contributed by atoms with Crippen molar-refractivity contribution in [3.63, 3.8) is 0 Å². The lowest BCUT2D eigenvalue weighted by atomic mass is 9.96. The largest absolute Gasteiger partial charge is 0.490 e. The molecular weight excluding hydrogens is 338 g/mol. The van der Waals surface area contributed by atoms with Gasteiger partial charge in [0.2, 0.25) is 0 Å². The van der Waals surface area contributed by atoms with Gasteiger partial charge in [-0.1, -0.05) is 18.6 Å². The van der Waals surface area contributed by atoms with Crippen LogP contribution in [0.5, 0.6) is 5.75 Å². The molecule has 5 heteroatoms. The summed E-state index contributed by atoms with van der Waals surface area (Å²) in [7, 11) is 0. The first kappa shape index (κ1) is 18.6. The number of benzene rings is 1. The molecule has 3 unspecified atom stereocenters. The Hall–Kier alpha value is -1.75. The third-order valence-electron chi connectivity index (χ3n) is 5.97. The quantitative estimate of drug-likeness (QED) is 0.590. The van der Waals surface area contributed by atoms with Gasteiger partial charge in [0.05, 0.1) is 30.9 Å². The lowest BCUT2D eigenvalue weighted by molar-refractivity contribution is 0.0992. The van der Waals surface area contributed by atoms with Crippen molar-refractivity contribution in [2.24, 2.45) is 4.99 Å². The fourth-order valence-electron chi connectivity index (χ4n) is 4.50. The van der Waals surface area contributed by atoms with Crippen molar-refractivity contribution in [2.75, 3.05) is 6.54 Å². The summed E-state index contributed by atoms with van der Waals surface area (Å²) < 4.78 is 12.1. The molecule has 0 spiro atoms. The van der Waals surface area contributed by atoms with Gasteiger partial charge in [0.15, 0.2) is 5.96 Å². The van der Waals surface area contributed by atoms with Crippen molar-refractivity contribution in [1.29, 1.82) is 0 Å². The maximum atomic E-state index is 6.12. The van der Waals surface area contributed by atoms with Crippen molar-refractivity contribution >= 4 is 5.96 Å². The van der Waals surface area contributed by atoms with Gasteiger partial charge in [-0.05, 0) is 69.6 Å². The molecule has 5 nitrogen and oxygen atoms in total. The molecule has 2 saturated heterocycles. The maximum absolute atomic E-state index is 6.12. The van der Waals surface area contributed by atoms with E-state index in [1.807, 2.05) is 0 Å². The first-order valence-electron chi connectivity index (χ1n) is 10.8. The molecule has 4 rings (SSSR count). The summed E-state index contributed by atoms with van der Waals surface area (Å²) in [5.74, 6) is 1.87. The Morgan fingerprint density at radius 2 is 1.93 bits per heavy atom. The molecular formula is C22H33N3O2. The van der Waals surface area contributed by atoms with Crippen molar-refractivity contribution in [3.8, 4) is 5.75 Å². The third kappa shape index (κ3) is 4.95. The third-order valence-corrected chi connectivity index (χ3v) is 5.97. The van der Waals surface area contributed by atoms with E-state index in [-0.39, 0.29) is 0 Å². The van der Waals surface area contributed by atoms with Crippen LogP contribution in [0.25, 0.3) is 0 Å². The Morgan fingerprint density at radius 3 is 2.59 bits per heavy atom. The zero-order chi connectivity index (χ0) is 18.5. The van der Waals surface area contributed by atoms with Gasteiger partial charge >= 0.3 is 0 Å². The molecule has 2 N–H and O–H groups in total. The van der Waals surface area contributed by atoms with Crippen molar-refractivity contribution in [3.05, 3.63) is 29.8 Å². The van der Waals surface area contributed by atoms with E-state index in [0.29, 0.717) is 30.9 Å². The van der Waals surface area contributed by atoms with Crippen LogP contribution < -0.4 is 15.4 Å². The van der Waals surface area contributed by atoms with Crippen LogP contribution in [0.2, 0.25) is 0 Å². The van der Waals surface area contributed by atoms with E-state index < -0.39 is 0 Å². The molecule has 0 aromatic heterocycles. The number of fused-ring (bicyclic) bond motifs is 2. The predicted octanol–water partition coefficient (Wildman–Crippen LogP) is 3.77. The van der Waals surface area contributed by atoms with Crippen LogP contribution in [0.3, 0.4) is 0 Å². The normalized spacial score (nSPS) is 28.3. The highest BCUT2D eigenvalue weighted by molar-refractivity contribution is 5.80. The Bertz CT molecular complexity index is 625. The van der Waals surface area contributed by atoms with Crippen LogP contribution in [0, 0.1) is 0 Å². The van der Waals surface area contributed by atoms with Gasteiger partial charge in [-0.15, -0.1) is 0 Å². The second-order valence-corrected chi connectivity index (χ2v) is 8.08. The molecule has 0 amide bonds. The second-order valence-electron chi connectivity index (χ2n) is 8.08. The summed E-state index contributed by atoms with van der Waals surface area (Å²) in [4.78, 5) is 4.77. The highest BCUT2D eigenvalue weighted by Crippen LogP contribution is 2.34. The molecule has 1 aromatic carbocycles. The highest BCUT2D eigenvalue weighted by Gasteiger charge is 2.41. The van der Waals surface area contributed by atoms with E-state index in [1.54, 1.807) is 0 Å². The van der Waals surface area contributed by atoms with Crippen molar-refractivity contribution in [2.45, 2.75) is 89.2 Å². The van der Waals surface area contributed by atoms with Crippen LogP contribution >= 0.6 is 0 Å². The number of aliphatic imine (C=N–C) groups is 1. The van der Waals surface area contributed by atoms with Crippen LogP contribution in [-0.4, -0.2) is 36.9 Å². The van der Waals surface area contributed by atoms with Gasteiger partial charge in [-0.25, -0.2) is 4.99 Å². The van der Waals surface area contributed by atoms with Crippen LogP contribution in [0.15, 0.2) is 29.3 Å². The number of hydrogen-bond acceptors (Lipinski definition) is 3. The summed E-state index contributed by atoms with van der Waals surface area (Å²) in [6.45, 7) is 3.63. The Labute approximate surface area is 162 Å². The van der Waals surface area contributed by atoms with Gasteiger partial charge in [0.25, 0.3) is 0 Å². The smallest absolute Gasteiger partial charge is 0.191 e. The fourth-order valence-corrected chi connectivity index (χ4v) is 4.50. The molecule has 2 bridgehead atoms. The molecule has 3 fully saturated rings. The zero-order valence-electron chi connectivity index (χ0n) is 16.5. The predicted molar refractivity (Wildman–Crippen MR) is 108 cm³/mol. The molecule has 3 aliphatic rings. The average Bonchev–Trinajstić information content (AvgIpc) is 3.31. The SMILES string of the molecule is CCNC(=NCc1ccc(OC2CCCCC2)cc1)NC1CC2CCC1O2. The Morgan fingerprint density at radius 1 is 1.11 bits per heavy atom. The number of hydrogen-bond donors (Lipinski definition) is 2. The Kier molecular flexibility index (Phi) is 6.17. The zero-order valence-corrected chi connectivity index (χ0v) is 16.5. The minimum Gasteiger partial charge on any atom is -0.490 e. The first-order valence-corrected chi connectivity index (χ1v) is 10.8. The number of rotatable bonds is 6. The van der Waals surface area contributed by atoms with Crippen LogP contribution in [0.1, 0.15) is 63.9 Å². The van der Waals surface area contributed by atoms with E-state index in [1.165, 1.54) is 50.5 Å². The van der Waals surface area contributed by atoms with Gasteiger partial charge in [-0.3, -0.25) is 0 Å². The number of ether oxygens (including phenoxy) is 2. The minimum atomic E-state index is 0.357. The van der Waals surface area contributed by atoms with Crippen LogP contribution in [-0.2, 0) is 11.3 Å². The Balaban J connectivity index is 1.30. The highest BCUT2D eigenvalue weighted by atomic mass is 16.5. The summed E-state index contributed by atoms with van der Waals surface area (Å²) in [5.41, 5.74) is 1.20. The van der Waals surface area contributed by atoms with Gasteiger partial charge in [0, 0.05) is 6.54 Å². The summed E-state index contributed by atoms with van der Waals surface area (Å²) in [6.07, 6.45) is 11.0. The van der Waals surface area contributed by atoms with E-state index in [9.17, 15) is 0 Å². The second kappa shape index (κ2) is 8.96. The van der Waals surface area contributed by atoms with Crippen molar-refractivity contribution in [1.82, 2.24) is 10.6 Å². The minimum absolute atomic E-state index is 0.357. The number of guanidine groups is 1. The molecule has 1 aliphatic carbocycles. The van der Waals surface area contributed by atoms with Crippen molar-refractivity contribution < 1.29 is 9.47 Å². The summed E-state index contributed by atoms with van der Waals surface area (Å²) in [6, 6.07) is 8.83. The van der Waals surface area contributed by atoms with E-state index in [4.69, 9.17) is 14.5 Å². The molecule has 27 heavy (non-hydrogen) atoms. The molecule has 0 radical (unpaired) electrons. The fraction of sp³-hybridized carbons (Fsp3) is 0.682. The van der Waals surface area contributed by atoms with E-state index in [2.05, 4.69) is 41.8 Å². The average molecular weight is 372 g/mol. The van der Waals surface area contributed by atoms with E-state index in [0.717, 1.165) is 24.7 Å². The van der Waals surface area contributed by atoms with Gasteiger partial charge in [0.1, 0.15) is 5.75 Å². The summed E-state index contributed by atoms with van der Waals surface area (Å²) >= 11 is 0. The lowest BCUT2D eigenvalue weighted by Crippen LogP contribution is -2.47. The molecule has 3 atom stereocenters. The number of nitrogens with one attached hydrogen (secondary N) is 2. The monoisotopic (exact) mass is 371 g/mol. The molecule has 2 aliphatic heterocycles. The standard InChI is InChI=1S/C22H33N3O2/c1-2-23-22(25-20-14-19-12-13-21(20)27-19)24-15-16-8-10-18(11-9-16)26-17-6-4-3-5-7-17/h8-11,17,19-21H,2-7,12-15H2,1H3,(H2,23,24,25). The van der Waals surface area contributed by atoms with E-state index >= 15 is 0 Å². The molecule has 148 valence electrons. The maximum Gasteiger partial charge on any atom is 0.191 e.